The van der Waals surface area contributed by atoms with Crippen LogP contribution in [0.1, 0.15) is 30.6 Å². The van der Waals surface area contributed by atoms with E-state index < -0.39 is 12.1 Å². The molecule has 0 spiro atoms. The lowest BCUT2D eigenvalue weighted by Gasteiger charge is -2.13. The zero-order valence-corrected chi connectivity index (χ0v) is 19.1. The Morgan fingerprint density at radius 3 is 2.59 bits per heavy atom. The van der Waals surface area contributed by atoms with Gasteiger partial charge in [0.05, 0.1) is 24.3 Å². The van der Waals surface area contributed by atoms with Crippen molar-refractivity contribution in [2.24, 2.45) is 0 Å². The molecule has 10 nitrogen and oxygen atoms in total. The van der Waals surface area contributed by atoms with Gasteiger partial charge in [-0.1, -0.05) is 6.92 Å². The van der Waals surface area contributed by atoms with Crippen LogP contribution in [0.25, 0.3) is 11.4 Å². The van der Waals surface area contributed by atoms with E-state index in [2.05, 4.69) is 20.3 Å². The Balaban J connectivity index is 1.64. The Kier molecular flexibility index (Phi) is 9.12. The van der Waals surface area contributed by atoms with Crippen LogP contribution in [-0.4, -0.2) is 63.7 Å². The number of anilines is 2. The van der Waals surface area contributed by atoms with Crippen molar-refractivity contribution in [3.8, 4) is 22.9 Å². The Hall–Kier alpha value is -3.76. The van der Waals surface area contributed by atoms with E-state index in [4.69, 9.17) is 14.2 Å². The van der Waals surface area contributed by atoms with Gasteiger partial charge < -0.3 is 29.7 Å². The minimum absolute atomic E-state index is 0.0390. The molecular formula is C24H28N4O6. The van der Waals surface area contributed by atoms with Gasteiger partial charge in [-0.25, -0.2) is 14.8 Å². The largest absolute Gasteiger partial charge is 0.507 e. The second kappa shape index (κ2) is 12.5. The molecule has 1 unspecified atom stereocenters. The highest BCUT2D eigenvalue weighted by molar-refractivity contribution is 5.89. The van der Waals surface area contributed by atoms with Gasteiger partial charge in [0, 0.05) is 18.4 Å². The fraction of sp³-hybridized carbons (Fsp3) is 0.333. The van der Waals surface area contributed by atoms with Gasteiger partial charge in [-0.05, 0) is 49.7 Å². The van der Waals surface area contributed by atoms with Crippen molar-refractivity contribution >= 4 is 17.6 Å². The van der Waals surface area contributed by atoms with Crippen LogP contribution in [0.3, 0.4) is 0 Å². The van der Waals surface area contributed by atoms with Crippen LogP contribution in [0.5, 0.6) is 11.5 Å². The van der Waals surface area contributed by atoms with E-state index in [9.17, 15) is 15.0 Å². The number of hydrogen-bond donors (Lipinski definition) is 3. The monoisotopic (exact) mass is 468 g/mol. The molecule has 3 aromatic rings. The predicted octanol–water partition coefficient (Wildman–Crippen LogP) is 3.33. The van der Waals surface area contributed by atoms with E-state index >= 15 is 0 Å². The maximum absolute atomic E-state index is 11.8. The third-order valence-corrected chi connectivity index (χ3v) is 4.54. The van der Waals surface area contributed by atoms with Crippen molar-refractivity contribution in [3.63, 3.8) is 0 Å². The maximum Gasteiger partial charge on any atom is 0.338 e. The summed E-state index contributed by atoms with van der Waals surface area (Å²) in [5.74, 6) is 0.454. The van der Waals surface area contributed by atoms with Crippen molar-refractivity contribution in [3.05, 3.63) is 54.4 Å². The molecule has 0 bridgehead atoms. The molecule has 1 atom stereocenters. The standard InChI is InChI=1S/C24H28N4O6/c1-3-11-32-13-18(29)14-34-19-9-10-20(21(30)12-19)22-25-15-26-24(28-22)27-17-7-5-16(6-8-17)23(31)33-4-2/h5-10,12,15,18,29-30H,3-4,11,13-14H2,1-2H3,(H,25,26,27,28). The van der Waals surface area contributed by atoms with Crippen LogP contribution in [0.2, 0.25) is 0 Å². The predicted molar refractivity (Wildman–Crippen MR) is 125 cm³/mol. The van der Waals surface area contributed by atoms with Gasteiger partial charge in [-0.3, -0.25) is 0 Å². The van der Waals surface area contributed by atoms with Crippen molar-refractivity contribution < 1.29 is 29.2 Å². The summed E-state index contributed by atoms with van der Waals surface area (Å²) in [5.41, 5.74) is 1.50. The van der Waals surface area contributed by atoms with Crippen molar-refractivity contribution in [2.75, 3.05) is 31.7 Å². The maximum atomic E-state index is 11.8. The van der Waals surface area contributed by atoms with Gasteiger partial charge in [0.15, 0.2) is 5.82 Å². The van der Waals surface area contributed by atoms with E-state index in [-0.39, 0.29) is 30.7 Å². The van der Waals surface area contributed by atoms with Crippen LogP contribution in [-0.2, 0) is 9.47 Å². The molecule has 3 N–H and O–H groups in total. The molecular weight excluding hydrogens is 440 g/mol. The fourth-order valence-electron chi connectivity index (χ4n) is 2.91. The fourth-order valence-corrected chi connectivity index (χ4v) is 2.91. The van der Waals surface area contributed by atoms with E-state index in [0.29, 0.717) is 35.8 Å². The Bertz CT molecular complexity index is 1080. The summed E-state index contributed by atoms with van der Waals surface area (Å²) in [7, 11) is 0. The highest BCUT2D eigenvalue weighted by atomic mass is 16.5. The highest BCUT2D eigenvalue weighted by Gasteiger charge is 2.12. The van der Waals surface area contributed by atoms with Gasteiger partial charge in [0.2, 0.25) is 5.95 Å². The van der Waals surface area contributed by atoms with Gasteiger partial charge in [0.25, 0.3) is 0 Å². The second-order valence-corrected chi connectivity index (χ2v) is 7.27. The average molecular weight is 469 g/mol. The van der Waals surface area contributed by atoms with Crippen LogP contribution < -0.4 is 10.1 Å². The lowest BCUT2D eigenvalue weighted by Crippen LogP contribution is -2.23. The first-order valence-electron chi connectivity index (χ1n) is 10.9. The summed E-state index contributed by atoms with van der Waals surface area (Å²) in [4.78, 5) is 24.4. The van der Waals surface area contributed by atoms with Crippen LogP contribution in [0.15, 0.2) is 48.8 Å². The number of carbonyl (C=O) groups excluding carboxylic acids is 1. The third kappa shape index (κ3) is 7.12. The third-order valence-electron chi connectivity index (χ3n) is 4.54. The normalized spacial score (nSPS) is 11.6. The number of benzene rings is 2. The number of aromatic hydroxyl groups is 1. The number of hydrogen-bond acceptors (Lipinski definition) is 10. The summed E-state index contributed by atoms with van der Waals surface area (Å²) in [6, 6.07) is 11.4. The molecule has 0 amide bonds. The number of ether oxygens (including phenoxy) is 3. The van der Waals surface area contributed by atoms with Crippen molar-refractivity contribution in [1.29, 1.82) is 0 Å². The molecule has 10 heteroatoms. The highest BCUT2D eigenvalue weighted by Crippen LogP contribution is 2.30. The number of aliphatic hydroxyl groups excluding tert-OH is 1. The summed E-state index contributed by atoms with van der Waals surface area (Å²) in [6.45, 7) is 4.85. The molecule has 3 rings (SSSR count). The van der Waals surface area contributed by atoms with Crippen molar-refractivity contribution in [1.82, 2.24) is 15.0 Å². The number of rotatable bonds is 12. The molecule has 0 saturated heterocycles. The molecule has 0 saturated carbocycles. The molecule has 1 aromatic heterocycles. The quantitative estimate of drug-likeness (QED) is 0.268. The molecule has 180 valence electrons. The first kappa shape index (κ1) is 24.9. The van der Waals surface area contributed by atoms with Gasteiger partial charge in [-0.15, -0.1) is 0 Å². The Morgan fingerprint density at radius 1 is 1.09 bits per heavy atom. The zero-order valence-electron chi connectivity index (χ0n) is 19.1. The van der Waals surface area contributed by atoms with Gasteiger partial charge in [-0.2, -0.15) is 4.98 Å². The van der Waals surface area contributed by atoms with Crippen LogP contribution in [0.4, 0.5) is 11.6 Å². The SMILES string of the molecule is CCCOCC(O)COc1ccc(-c2ncnc(Nc3ccc(C(=O)OCC)cc3)n2)c(O)c1. The summed E-state index contributed by atoms with van der Waals surface area (Å²) >= 11 is 0. The second-order valence-electron chi connectivity index (χ2n) is 7.27. The molecule has 0 radical (unpaired) electrons. The van der Waals surface area contributed by atoms with Gasteiger partial charge in [0.1, 0.15) is 30.5 Å². The van der Waals surface area contributed by atoms with E-state index in [1.165, 1.54) is 12.4 Å². The average Bonchev–Trinajstić information content (AvgIpc) is 2.84. The minimum atomic E-state index is -0.767. The number of nitrogens with one attached hydrogen (secondary N) is 1. The van der Waals surface area contributed by atoms with E-state index in [1.807, 2.05) is 6.92 Å². The van der Waals surface area contributed by atoms with Crippen LogP contribution >= 0.6 is 0 Å². The lowest BCUT2D eigenvalue weighted by atomic mass is 10.2. The minimum Gasteiger partial charge on any atom is -0.507 e. The summed E-state index contributed by atoms with van der Waals surface area (Å²) in [6.07, 6.45) is 1.43. The van der Waals surface area contributed by atoms with Gasteiger partial charge >= 0.3 is 5.97 Å². The van der Waals surface area contributed by atoms with E-state index in [1.54, 1.807) is 43.3 Å². The number of nitrogens with zero attached hydrogens (tertiary/aromatic N) is 3. The molecule has 0 aliphatic carbocycles. The first-order chi connectivity index (χ1) is 16.5. The molecule has 0 aliphatic heterocycles. The Morgan fingerprint density at radius 2 is 1.88 bits per heavy atom. The van der Waals surface area contributed by atoms with Crippen LogP contribution in [0, 0.1) is 0 Å². The molecule has 0 fully saturated rings. The molecule has 1 heterocycles. The summed E-state index contributed by atoms with van der Waals surface area (Å²) < 4.78 is 15.8. The molecule has 0 aliphatic rings. The van der Waals surface area contributed by atoms with Crippen molar-refractivity contribution in [2.45, 2.75) is 26.4 Å². The number of carbonyl (C=O) groups is 1. The number of phenols is 1. The summed E-state index contributed by atoms with van der Waals surface area (Å²) in [5, 5.41) is 23.4. The molecule has 34 heavy (non-hydrogen) atoms. The number of phenolic OH excluding ortho intramolecular Hbond substituents is 1. The number of aliphatic hydroxyl groups is 1. The lowest BCUT2D eigenvalue weighted by molar-refractivity contribution is 0.0123. The Labute approximate surface area is 197 Å². The molecule has 2 aromatic carbocycles. The smallest absolute Gasteiger partial charge is 0.338 e. The first-order valence-corrected chi connectivity index (χ1v) is 10.9. The van der Waals surface area contributed by atoms with E-state index in [0.717, 1.165) is 6.42 Å². The topological polar surface area (TPSA) is 136 Å². The zero-order chi connectivity index (χ0) is 24.3. The number of esters is 1. The number of aromatic nitrogens is 3.